The fourth-order valence-electron chi connectivity index (χ4n) is 2.43. The number of methoxy groups -OCH3 is 1. The van der Waals surface area contributed by atoms with Crippen LogP contribution in [0.1, 0.15) is 16.7 Å². The summed E-state index contributed by atoms with van der Waals surface area (Å²) in [4.78, 5) is 11.8. The lowest BCUT2D eigenvalue weighted by Gasteiger charge is -2.13. The zero-order chi connectivity index (χ0) is 17.4. The van der Waals surface area contributed by atoms with E-state index in [9.17, 15) is 4.79 Å². The molecule has 0 fully saturated rings. The highest BCUT2D eigenvalue weighted by molar-refractivity contribution is 5.73. The number of hydrogen-bond donors (Lipinski definition) is 2. The smallest absolute Gasteiger partial charge is 0.315 e. The molecular formula is C19H24N2O3. The molecule has 0 aliphatic heterocycles. The minimum absolute atomic E-state index is 0.231. The summed E-state index contributed by atoms with van der Waals surface area (Å²) in [5, 5.41) is 5.59. The van der Waals surface area contributed by atoms with Crippen molar-refractivity contribution in [1.82, 2.24) is 10.6 Å². The minimum atomic E-state index is -0.231. The maximum Gasteiger partial charge on any atom is 0.315 e. The molecule has 2 aromatic rings. The van der Waals surface area contributed by atoms with E-state index in [0.717, 1.165) is 28.2 Å². The van der Waals surface area contributed by atoms with E-state index < -0.39 is 0 Å². The monoisotopic (exact) mass is 328 g/mol. The second kappa shape index (κ2) is 8.82. The van der Waals surface area contributed by atoms with Gasteiger partial charge >= 0.3 is 6.03 Å². The molecule has 128 valence electrons. The summed E-state index contributed by atoms with van der Waals surface area (Å²) in [6, 6.07) is 13.4. The van der Waals surface area contributed by atoms with E-state index >= 15 is 0 Å². The van der Waals surface area contributed by atoms with Crippen molar-refractivity contribution in [2.45, 2.75) is 20.4 Å². The van der Waals surface area contributed by atoms with Gasteiger partial charge in [-0.15, -0.1) is 0 Å². The first-order valence-corrected chi connectivity index (χ1v) is 7.94. The molecule has 0 aliphatic rings. The highest BCUT2D eigenvalue weighted by Gasteiger charge is 2.05. The third kappa shape index (κ3) is 4.91. The molecule has 0 aromatic heterocycles. The minimum Gasteiger partial charge on any atom is -0.496 e. The molecule has 2 N–H and O–H groups in total. The Balaban J connectivity index is 1.72. The Morgan fingerprint density at radius 2 is 1.71 bits per heavy atom. The summed E-state index contributed by atoms with van der Waals surface area (Å²) in [6.45, 7) is 5.29. The van der Waals surface area contributed by atoms with E-state index in [-0.39, 0.29) is 6.03 Å². The standard InChI is InChI=1S/C19H24N2O3/c1-14-7-6-8-15(2)18(14)24-12-11-20-19(22)21-13-16-9-4-5-10-17(16)23-3/h4-10H,11-13H2,1-3H3,(H2,20,21,22). The normalized spacial score (nSPS) is 10.1. The molecular weight excluding hydrogens is 304 g/mol. The van der Waals surface area contributed by atoms with E-state index in [0.29, 0.717) is 19.7 Å². The molecule has 24 heavy (non-hydrogen) atoms. The summed E-state index contributed by atoms with van der Waals surface area (Å²) in [5.41, 5.74) is 3.12. The molecule has 0 unspecified atom stereocenters. The largest absolute Gasteiger partial charge is 0.496 e. The van der Waals surface area contributed by atoms with Crippen LogP contribution in [0.3, 0.4) is 0 Å². The predicted octanol–water partition coefficient (Wildman–Crippen LogP) is 3.19. The highest BCUT2D eigenvalue weighted by Crippen LogP contribution is 2.21. The maximum absolute atomic E-state index is 11.8. The van der Waals surface area contributed by atoms with Crippen LogP contribution in [0, 0.1) is 13.8 Å². The summed E-state index contributed by atoms with van der Waals surface area (Å²) in [5.74, 6) is 1.64. The van der Waals surface area contributed by atoms with Crippen LogP contribution in [0.4, 0.5) is 4.79 Å². The van der Waals surface area contributed by atoms with Crippen molar-refractivity contribution in [1.29, 1.82) is 0 Å². The summed E-state index contributed by atoms with van der Waals surface area (Å²) in [7, 11) is 1.61. The fourth-order valence-corrected chi connectivity index (χ4v) is 2.43. The SMILES string of the molecule is COc1ccccc1CNC(=O)NCCOc1c(C)cccc1C. The van der Waals surface area contributed by atoms with E-state index in [1.807, 2.05) is 56.3 Å². The number of benzene rings is 2. The molecule has 0 aliphatic carbocycles. The Hall–Kier alpha value is -2.69. The molecule has 0 atom stereocenters. The van der Waals surface area contributed by atoms with Gasteiger partial charge in [-0.2, -0.15) is 0 Å². The quantitative estimate of drug-likeness (QED) is 0.768. The molecule has 5 nitrogen and oxygen atoms in total. The number of rotatable bonds is 7. The van der Waals surface area contributed by atoms with E-state index in [1.54, 1.807) is 7.11 Å². The van der Waals surface area contributed by atoms with E-state index in [4.69, 9.17) is 9.47 Å². The number of carbonyl (C=O) groups is 1. The van der Waals surface area contributed by atoms with Gasteiger partial charge in [-0.25, -0.2) is 4.79 Å². The average Bonchev–Trinajstić information content (AvgIpc) is 2.59. The van der Waals surface area contributed by atoms with Gasteiger partial charge in [0.15, 0.2) is 0 Å². The van der Waals surface area contributed by atoms with Gasteiger partial charge in [-0.3, -0.25) is 0 Å². The van der Waals surface area contributed by atoms with Crippen LogP contribution < -0.4 is 20.1 Å². The highest BCUT2D eigenvalue weighted by atomic mass is 16.5. The average molecular weight is 328 g/mol. The van der Waals surface area contributed by atoms with Crippen LogP contribution in [0.5, 0.6) is 11.5 Å². The van der Waals surface area contributed by atoms with Gasteiger partial charge < -0.3 is 20.1 Å². The number of urea groups is 1. The molecule has 0 bridgehead atoms. The van der Waals surface area contributed by atoms with Crippen molar-refractivity contribution < 1.29 is 14.3 Å². The van der Waals surface area contributed by atoms with Crippen molar-refractivity contribution in [3.05, 3.63) is 59.2 Å². The van der Waals surface area contributed by atoms with Crippen LogP contribution in [-0.2, 0) is 6.54 Å². The third-order valence-electron chi connectivity index (χ3n) is 3.67. The number of ether oxygens (including phenoxy) is 2. The van der Waals surface area contributed by atoms with Crippen molar-refractivity contribution in [3.8, 4) is 11.5 Å². The maximum atomic E-state index is 11.8. The third-order valence-corrected chi connectivity index (χ3v) is 3.67. The van der Waals surface area contributed by atoms with E-state index in [1.165, 1.54) is 0 Å². The molecule has 2 rings (SSSR count). The van der Waals surface area contributed by atoms with Gasteiger partial charge in [0.2, 0.25) is 0 Å². The topological polar surface area (TPSA) is 59.6 Å². The van der Waals surface area contributed by atoms with Gasteiger partial charge in [-0.05, 0) is 31.0 Å². The molecule has 0 radical (unpaired) electrons. The van der Waals surface area contributed by atoms with Gasteiger partial charge in [0.05, 0.1) is 13.7 Å². The summed E-state index contributed by atoms with van der Waals surface area (Å²) >= 11 is 0. The van der Waals surface area contributed by atoms with Crippen LogP contribution in [-0.4, -0.2) is 26.3 Å². The van der Waals surface area contributed by atoms with Crippen LogP contribution in [0.25, 0.3) is 0 Å². The fraction of sp³-hybridized carbons (Fsp3) is 0.316. The first-order chi connectivity index (χ1) is 11.6. The summed E-state index contributed by atoms with van der Waals surface area (Å²) in [6.07, 6.45) is 0. The number of nitrogens with one attached hydrogen (secondary N) is 2. The van der Waals surface area contributed by atoms with Crippen LogP contribution in [0.15, 0.2) is 42.5 Å². The number of para-hydroxylation sites is 2. The van der Waals surface area contributed by atoms with Gasteiger partial charge in [-0.1, -0.05) is 36.4 Å². The number of amides is 2. The van der Waals surface area contributed by atoms with Gasteiger partial charge in [0.1, 0.15) is 18.1 Å². The first-order valence-electron chi connectivity index (χ1n) is 7.94. The first kappa shape index (κ1) is 17.7. The Labute approximate surface area is 143 Å². The number of aryl methyl sites for hydroxylation is 2. The number of hydrogen-bond acceptors (Lipinski definition) is 3. The summed E-state index contributed by atoms with van der Waals surface area (Å²) < 4.78 is 11.0. The Kier molecular flexibility index (Phi) is 6.49. The van der Waals surface area contributed by atoms with Crippen molar-refractivity contribution >= 4 is 6.03 Å². The lowest BCUT2D eigenvalue weighted by Crippen LogP contribution is -2.37. The van der Waals surface area contributed by atoms with Crippen molar-refractivity contribution in [2.75, 3.05) is 20.3 Å². The van der Waals surface area contributed by atoms with Crippen LogP contribution >= 0.6 is 0 Å². The Bertz CT molecular complexity index is 666. The van der Waals surface area contributed by atoms with Crippen molar-refractivity contribution in [2.24, 2.45) is 0 Å². The molecule has 0 heterocycles. The predicted molar refractivity (Wildman–Crippen MR) is 94.6 cm³/mol. The van der Waals surface area contributed by atoms with Crippen molar-refractivity contribution in [3.63, 3.8) is 0 Å². The van der Waals surface area contributed by atoms with Crippen LogP contribution in [0.2, 0.25) is 0 Å². The van der Waals surface area contributed by atoms with Gasteiger partial charge in [0, 0.05) is 12.1 Å². The molecule has 0 saturated heterocycles. The molecule has 5 heteroatoms. The second-order valence-electron chi connectivity index (χ2n) is 5.49. The lowest BCUT2D eigenvalue weighted by atomic mass is 10.1. The molecule has 0 spiro atoms. The zero-order valence-corrected chi connectivity index (χ0v) is 14.4. The molecule has 2 aromatic carbocycles. The van der Waals surface area contributed by atoms with E-state index in [2.05, 4.69) is 10.6 Å². The lowest BCUT2D eigenvalue weighted by molar-refractivity contribution is 0.236. The second-order valence-corrected chi connectivity index (χ2v) is 5.49. The Morgan fingerprint density at radius 1 is 1.00 bits per heavy atom. The molecule has 2 amide bonds. The van der Waals surface area contributed by atoms with Gasteiger partial charge in [0.25, 0.3) is 0 Å². The zero-order valence-electron chi connectivity index (χ0n) is 14.4. The Morgan fingerprint density at radius 3 is 2.42 bits per heavy atom. The number of carbonyl (C=O) groups excluding carboxylic acids is 1. The molecule has 0 saturated carbocycles.